The Morgan fingerprint density at radius 2 is 2.21 bits per heavy atom. The van der Waals surface area contributed by atoms with E-state index in [9.17, 15) is 4.79 Å². The average molecular weight is 262 g/mol. The number of nitrogens with two attached hydrogens (primary N) is 1. The molecule has 0 aliphatic carbocycles. The zero-order chi connectivity index (χ0) is 13.7. The summed E-state index contributed by atoms with van der Waals surface area (Å²) in [5, 5.41) is 3.05. The third-order valence-corrected chi connectivity index (χ3v) is 3.61. The molecule has 0 spiro atoms. The molecule has 0 saturated carbocycles. The van der Waals surface area contributed by atoms with Gasteiger partial charge in [-0.1, -0.05) is 24.3 Å². The second-order valence-corrected chi connectivity index (χ2v) is 5.09. The molecule has 2 unspecified atom stereocenters. The monoisotopic (exact) mass is 262 g/mol. The summed E-state index contributed by atoms with van der Waals surface area (Å²) in [5.74, 6) is 0.0922. The molecule has 104 valence electrons. The first-order chi connectivity index (χ1) is 9.20. The van der Waals surface area contributed by atoms with Crippen molar-refractivity contribution in [1.29, 1.82) is 0 Å². The van der Waals surface area contributed by atoms with Crippen LogP contribution in [-0.2, 0) is 16.1 Å². The molecule has 2 atom stereocenters. The lowest BCUT2D eigenvalue weighted by molar-refractivity contribution is -0.129. The number of carbonyl (C=O) groups excluding carboxylic acids is 1. The fourth-order valence-corrected chi connectivity index (χ4v) is 2.30. The van der Waals surface area contributed by atoms with Crippen LogP contribution >= 0.6 is 0 Å². The molecule has 4 nitrogen and oxygen atoms in total. The fraction of sp³-hybridized carbons (Fsp3) is 0.533. The molecule has 0 radical (unpaired) electrons. The van der Waals surface area contributed by atoms with Gasteiger partial charge in [0.1, 0.15) is 0 Å². The predicted octanol–water partition coefficient (Wildman–Crippen LogP) is 1.75. The van der Waals surface area contributed by atoms with Crippen molar-refractivity contribution in [2.24, 2.45) is 11.7 Å². The molecule has 1 aliphatic rings. The molecule has 2 rings (SSSR count). The van der Waals surface area contributed by atoms with Crippen molar-refractivity contribution >= 4 is 5.91 Å². The standard InChI is InChI=1S/C15H22N2O2/c1-11(13-6-4-12(9-16)5-7-13)17-15(18)14-3-2-8-19-10-14/h4-7,11,14H,2-3,8-10,16H2,1H3,(H,17,18). The molecular weight excluding hydrogens is 240 g/mol. The fourth-order valence-electron chi connectivity index (χ4n) is 2.30. The highest BCUT2D eigenvalue weighted by atomic mass is 16.5. The van der Waals surface area contributed by atoms with E-state index in [0.717, 1.165) is 30.6 Å². The van der Waals surface area contributed by atoms with Gasteiger partial charge in [0.15, 0.2) is 0 Å². The van der Waals surface area contributed by atoms with Crippen LogP contribution in [0.5, 0.6) is 0 Å². The van der Waals surface area contributed by atoms with E-state index in [4.69, 9.17) is 10.5 Å². The zero-order valence-corrected chi connectivity index (χ0v) is 11.4. The quantitative estimate of drug-likeness (QED) is 0.869. The Morgan fingerprint density at radius 1 is 1.47 bits per heavy atom. The first-order valence-corrected chi connectivity index (χ1v) is 6.87. The summed E-state index contributed by atoms with van der Waals surface area (Å²) in [5.41, 5.74) is 7.77. The number of hydrogen-bond donors (Lipinski definition) is 2. The van der Waals surface area contributed by atoms with E-state index in [1.165, 1.54) is 0 Å². The SMILES string of the molecule is CC(NC(=O)C1CCCOC1)c1ccc(CN)cc1. The largest absolute Gasteiger partial charge is 0.381 e. The lowest BCUT2D eigenvalue weighted by atomic mass is 10.00. The third-order valence-electron chi connectivity index (χ3n) is 3.61. The van der Waals surface area contributed by atoms with E-state index in [-0.39, 0.29) is 17.9 Å². The van der Waals surface area contributed by atoms with Crippen molar-refractivity contribution in [2.45, 2.75) is 32.4 Å². The van der Waals surface area contributed by atoms with Crippen molar-refractivity contribution in [1.82, 2.24) is 5.32 Å². The number of carbonyl (C=O) groups is 1. The highest BCUT2D eigenvalue weighted by Crippen LogP contribution is 2.17. The lowest BCUT2D eigenvalue weighted by Crippen LogP contribution is -2.36. The minimum atomic E-state index is -0.000449. The average Bonchev–Trinajstić information content (AvgIpc) is 2.48. The van der Waals surface area contributed by atoms with Crippen LogP contribution in [0.1, 0.15) is 36.9 Å². The minimum Gasteiger partial charge on any atom is -0.381 e. The van der Waals surface area contributed by atoms with Crippen molar-refractivity contribution in [3.8, 4) is 0 Å². The summed E-state index contributed by atoms with van der Waals surface area (Å²) < 4.78 is 5.35. The van der Waals surface area contributed by atoms with Gasteiger partial charge in [0, 0.05) is 13.2 Å². The molecule has 1 saturated heterocycles. The lowest BCUT2D eigenvalue weighted by Gasteiger charge is -2.23. The van der Waals surface area contributed by atoms with Crippen LogP contribution in [0.4, 0.5) is 0 Å². The second kappa shape index (κ2) is 6.68. The van der Waals surface area contributed by atoms with Gasteiger partial charge in [0.25, 0.3) is 0 Å². The van der Waals surface area contributed by atoms with E-state index >= 15 is 0 Å². The topological polar surface area (TPSA) is 64.3 Å². The predicted molar refractivity (Wildman–Crippen MR) is 74.4 cm³/mol. The van der Waals surface area contributed by atoms with Crippen LogP contribution in [0.3, 0.4) is 0 Å². The third kappa shape index (κ3) is 3.78. The Morgan fingerprint density at radius 3 is 2.79 bits per heavy atom. The maximum absolute atomic E-state index is 12.1. The van der Waals surface area contributed by atoms with Crippen LogP contribution < -0.4 is 11.1 Å². The van der Waals surface area contributed by atoms with Crippen molar-refractivity contribution in [3.05, 3.63) is 35.4 Å². The van der Waals surface area contributed by atoms with E-state index < -0.39 is 0 Å². The molecule has 1 aromatic rings. The molecule has 1 amide bonds. The number of nitrogens with one attached hydrogen (secondary N) is 1. The Kier molecular flexibility index (Phi) is 4.93. The number of amides is 1. The molecule has 0 aromatic heterocycles. The van der Waals surface area contributed by atoms with Gasteiger partial charge < -0.3 is 15.8 Å². The van der Waals surface area contributed by atoms with Crippen LogP contribution in [0.15, 0.2) is 24.3 Å². The molecule has 3 N–H and O–H groups in total. The van der Waals surface area contributed by atoms with Gasteiger partial charge in [-0.3, -0.25) is 4.79 Å². The molecule has 4 heteroatoms. The summed E-state index contributed by atoms with van der Waals surface area (Å²) in [4.78, 5) is 12.1. The first-order valence-electron chi connectivity index (χ1n) is 6.87. The molecular formula is C15H22N2O2. The highest BCUT2D eigenvalue weighted by Gasteiger charge is 2.23. The van der Waals surface area contributed by atoms with Gasteiger partial charge in [-0.25, -0.2) is 0 Å². The van der Waals surface area contributed by atoms with Gasteiger partial charge in [0.2, 0.25) is 5.91 Å². The van der Waals surface area contributed by atoms with Crippen LogP contribution in [-0.4, -0.2) is 19.1 Å². The van der Waals surface area contributed by atoms with Crippen molar-refractivity contribution in [3.63, 3.8) is 0 Å². The second-order valence-electron chi connectivity index (χ2n) is 5.09. The van der Waals surface area contributed by atoms with Gasteiger partial charge in [-0.05, 0) is 30.9 Å². The van der Waals surface area contributed by atoms with Gasteiger partial charge in [-0.2, -0.15) is 0 Å². The van der Waals surface area contributed by atoms with E-state index in [0.29, 0.717) is 13.2 Å². The number of hydrogen-bond acceptors (Lipinski definition) is 3. The summed E-state index contributed by atoms with van der Waals surface area (Å²) in [6, 6.07) is 8.06. The van der Waals surface area contributed by atoms with E-state index in [1.54, 1.807) is 0 Å². The summed E-state index contributed by atoms with van der Waals surface area (Å²) >= 11 is 0. The molecule has 1 heterocycles. The van der Waals surface area contributed by atoms with Gasteiger partial charge >= 0.3 is 0 Å². The zero-order valence-electron chi connectivity index (χ0n) is 11.4. The Bertz CT molecular complexity index is 411. The number of ether oxygens (including phenoxy) is 1. The number of benzene rings is 1. The van der Waals surface area contributed by atoms with Crippen molar-refractivity contribution in [2.75, 3.05) is 13.2 Å². The maximum atomic E-state index is 12.1. The molecule has 0 bridgehead atoms. The van der Waals surface area contributed by atoms with Crippen molar-refractivity contribution < 1.29 is 9.53 Å². The van der Waals surface area contributed by atoms with Gasteiger partial charge in [0.05, 0.1) is 18.6 Å². The van der Waals surface area contributed by atoms with Gasteiger partial charge in [-0.15, -0.1) is 0 Å². The minimum absolute atomic E-state index is 0.000449. The molecule has 1 aliphatic heterocycles. The molecule has 19 heavy (non-hydrogen) atoms. The Hall–Kier alpha value is -1.39. The molecule has 1 aromatic carbocycles. The summed E-state index contributed by atoms with van der Waals surface area (Å²) in [6.07, 6.45) is 1.89. The highest BCUT2D eigenvalue weighted by molar-refractivity contribution is 5.79. The maximum Gasteiger partial charge on any atom is 0.225 e. The first kappa shape index (κ1) is 14.0. The Balaban J connectivity index is 1.91. The summed E-state index contributed by atoms with van der Waals surface area (Å²) in [7, 11) is 0. The van der Waals surface area contributed by atoms with E-state index in [2.05, 4.69) is 5.32 Å². The molecule has 1 fully saturated rings. The van der Waals surface area contributed by atoms with Crippen LogP contribution in [0.2, 0.25) is 0 Å². The smallest absolute Gasteiger partial charge is 0.225 e. The Labute approximate surface area is 114 Å². The normalized spacial score (nSPS) is 20.8. The number of rotatable bonds is 4. The van der Waals surface area contributed by atoms with E-state index in [1.807, 2.05) is 31.2 Å². The van der Waals surface area contributed by atoms with Crippen LogP contribution in [0, 0.1) is 5.92 Å². The van der Waals surface area contributed by atoms with Crippen LogP contribution in [0.25, 0.3) is 0 Å². The summed E-state index contributed by atoms with van der Waals surface area (Å²) in [6.45, 7) is 3.87.